The fraction of sp³-hybridized carbons (Fsp3) is 0.438. The van der Waals surface area contributed by atoms with Gasteiger partial charge in [0.1, 0.15) is 0 Å². The number of ketones is 1. The molecule has 20 heavy (non-hydrogen) atoms. The van der Waals surface area contributed by atoms with Crippen LogP contribution in [0.3, 0.4) is 0 Å². The number of carbonyl (C=O) groups excluding carboxylic acids is 2. The second-order valence-electron chi connectivity index (χ2n) is 5.03. The molecule has 4 heteroatoms. The van der Waals surface area contributed by atoms with Crippen LogP contribution in [0.4, 0.5) is 0 Å². The monoisotopic (exact) mass is 273 g/mol. The molecular formula is C16H19NO3. The smallest absolute Gasteiger partial charge is 0.347 e. The minimum absolute atomic E-state index is 0.255. The summed E-state index contributed by atoms with van der Waals surface area (Å²) in [6, 6.07) is 8.21. The molecule has 2 rings (SSSR count). The van der Waals surface area contributed by atoms with E-state index in [1.54, 1.807) is 6.92 Å². The first-order valence-corrected chi connectivity index (χ1v) is 6.83. The van der Waals surface area contributed by atoms with Crippen LogP contribution in [0.25, 0.3) is 0 Å². The number of benzene rings is 1. The summed E-state index contributed by atoms with van der Waals surface area (Å²) >= 11 is 0. The Bertz CT molecular complexity index is 560. The van der Waals surface area contributed by atoms with Crippen LogP contribution in [0.2, 0.25) is 0 Å². The van der Waals surface area contributed by atoms with Crippen molar-refractivity contribution in [2.24, 2.45) is 4.99 Å². The van der Waals surface area contributed by atoms with E-state index in [1.807, 2.05) is 19.1 Å². The zero-order chi connectivity index (χ0) is 14.8. The van der Waals surface area contributed by atoms with Crippen LogP contribution in [0.5, 0.6) is 0 Å². The second kappa shape index (κ2) is 5.57. The summed E-state index contributed by atoms with van der Waals surface area (Å²) in [5, 5.41) is 0. The fourth-order valence-electron chi connectivity index (χ4n) is 2.25. The highest BCUT2D eigenvalue weighted by Gasteiger charge is 2.59. The van der Waals surface area contributed by atoms with Crippen LogP contribution in [-0.2, 0) is 20.7 Å². The van der Waals surface area contributed by atoms with Crippen LogP contribution in [0.15, 0.2) is 29.3 Å². The van der Waals surface area contributed by atoms with Crippen LogP contribution >= 0.6 is 0 Å². The normalized spacial score (nSPS) is 20.2. The van der Waals surface area contributed by atoms with Crippen molar-refractivity contribution in [1.82, 2.24) is 0 Å². The molecule has 0 N–H and O–H groups in total. The molecule has 4 nitrogen and oxygen atoms in total. The molecule has 1 heterocycles. The average molecular weight is 273 g/mol. The number of Topliss-reactive ketones (excluding diaryl/α,β-unsaturated/α-hetero) is 1. The summed E-state index contributed by atoms with van der Waals surface area (Å²) in [5.41, 5.74) is 1.72. The molecule has 1 unspecified atom stereocenters. The maximum absolute atomic E-state index is 11.9. The molecule has 1 aliphatic rings. The van der Waals surface area contributed by atoms with Crippen molar-refractivity contribution in [3.8, 4) is 0 Å². The van der Waals surface area contributed by atoms with E-state index in [2.05, 4.69) is 17.1 Å². The Labute approximate surface area is 118 Å². The fourth-order valence-corrected chi connectivity index (χ4v) is 2.25. The molecular weight excluding hydrogens is 254 g/mol. The molecule has 0 bridgehead atoms. The lowest BCUT2D eigenvalue weighted by atomic mass is 9.95. The lowest BCUT2D eigenvalue weighted by molar-refractivity contribution is -0.148. The van der Waals surface area contributed by atoms with Crippen molar-refractivity contribution in [3.05, 3.63) is 35.4 Å². The molecule has 0 saturated carbocycles. The predicted molar refractivity (Wildman–Crippen MR) is 77.0 cm³/mol. The molecule has 106 valence electrons. The van der Waals surface area contributed by atoms with E-state index in [4.69, 9.17) is 4.74 Å². The summed E-state index contributed by atoms with van der Waals surface area (Å²) in [5.74, 6) is -0.790. The van der Waals surface area contributed by atoms with Gasteiger partial charge in [0.15, 0.2) is 5.78 Å². The van der Waals surface area contributed by atoms with E-state index in [1.165, 1.54) is 18.1 Å². The lowest BCUT2D eigenvalue weighted by Crippen LogP contribution is -2.39. The summed E-state index contributed by atoms with van der Waals surface area (Å²) in [4.78, 5) is 27.7. The Morgan fingerprint density at radius 3 is 2.40 bits per heavy atom. The molecule has 1 aliphatic heterocycles. The van der Waals surface area contributed by atoms with Crippen LogP contribution in [-0.4, -0.2) is 29.6 Å². The molecule has 0 radical (unpaired) electrons. The first-order valence-electron chi connectivity index (χ1n) is 6.83. The number of rotatable bonds is 6. The van der Waals surface area contributed by atoms with Crippen LogP contribution in [0.1, 0.15) is 31.4 Å². The summed E-state index contributed by atoms with van der Waals surface area (Å²) in [7, 11) is 0. The van der Waals surface area contributed by atoms with Gasteiger partial charge in [-0.2, -0.15) is 0 Å². The topological polar surface area (TPSA) is 55.7 Å². The minimum Gasteiger partial charge on any atom is -0.464 e. The first kappa shape index (κ1) is 14.4. The molecule has 1 aromatic rings. The van der Waals surface area contributed by atoms with E-state index in [9.17, 15) is 9.59 Å². The molecule has 0 aliphatic carbocycles. The number of ether oxygens (including phenoxy) is 1. The number of carbonyl (C=O) groups is 2. The van der Waals surface area contributed by atoms with Gasteiger partial charge < -0.3 is 4.74 Å². The highest BCUT2D eigenvalue weighted by Crippen LogP contribution is 2.33. The standard InChI is InChI=1S/C16H19NO3/c1-4-20-15(19)16(12(3)18)14(17-16)10-9-13-7-5-11(2)6-8-13/h5-8H,4,9-10H2,1-3H3. The Balaban J connectivity index is 1.98. The largest absolute Gasteiger partial charge is 0.464 e. The second-order valence-corrected chi connectivity index (χ2v) is 5.03. The number of aryl methyl sites for hydroxylation is 2. The van der Waals surface area contributed by atoms with E-state index in [0.29, 0.717) is 12.1 Å². The highest BCUT2D eigenvalue weighted by molar-refractivity contribution is 6.37. The van der Waals surface area contributed by atoms with Gasteiger partial charge in [0.2, 0.25) is 0 Å². The van der Waals surface area contributed by atoms with Gasteiger partial charge in [-0.1, -0.05) is 29.8 Å². The average Bonchev–Trinajstić information content (AvgIpc) is 3.14. The van der Waals surface area contributed by atoms with Crippen LogP contribution in [0, 0.1) is 6.92 Å². The third kappa shape index (κ3) is 2.64. The van der Waals surface area contributed by atoms with Gasteiger partial charge in [-0.05, 0) is 39.2 Å². The van der Waals surface area contributed by atoms with Gasteiger partial charge in [0, 0.05) is 0 Å². The van der Waals surface area contributed by atoms with Crippen molar-refractivity contribution in [2.45, 2.75) is 39.2 Å². The summed E-state index contributed by atoms with van der Waals surface area (Å²) in [6.45, 7) is 5.41. The minimum atomic E-state index is -1.30. The number of aliphatic imine (C=N–C) groups is 1. The lowest BCUT2D eigenvalue weighted by Gasteiger charge is -2.10. The molecule has 1 aromatic carbocycles. The van der Waals surface area contributed by atoms with Gasteiger partial charge in [0.25, 0.3) is 5.54 Å². The van der Waals surface area contributed by atoms with Crippen molar-refractivity contribution in [3.63, 3.8) is 0 Å². The Hall–Kier alpha value is -1.97. The Kier molecular flexibility index (Phi) is 4.02. The van der Waals surface area contributed by atoms with Crippen LogP contribution < -0.4 is 0 Å². The maximum Gasteiger partial charge on any atom is 0.347 e. The van der Waals surface area contributed by atoms with Gasteiger partial charge in [-0.15, -0.1) is 0 Å². The van der Waals surface area contributed by atoms with Gasteiger partial charge >= 0.3 is 5.97 Å². The number of nitrogens with zero attached hydrogens (tertiary/aromatic N) is 1. The molecule has 0 aromatic heterocycles. The van der Waals surface area contributed by atoms with Crippen molar-refractivity contribution in [1.29, 1.82) is 0 Å². The predicted octanol–water partition coefficient (Wildman–Crippen LogP) is 2.27. The number of hydrogen-bond acceptors (Lipinski definition) is 4. The van der Waals surface area contributed by atoms with Gasteiger partial charge in [-0.25, -0.2) is 4.79 Å². The zero-order valence-corrected chi connectivity index (χ0v) is 12.1. The van der Waals surface area contributed by atoms with Gasteiger partial charge in [-0.3, -0.25) is 9.79 Å². The van der Waals surface area contributed by atoms with E-state index in [-0.39, 0.29) is 12.4 Å². The third-order valence-corrected chi connectivity index (χ3v) is 3.52. The number of hydrogen-bond donors (Lipinski definition) is 0. The molecule has 0 amide bonds. The molecule has 0 fully saturated rings. The summed E-state index contributed by atoms with van der Waals surface area (Å²) < 4.78 is 4.95. The highest BCUT2D eigenvalue weighted by atomic mass is 16.5. The quantitative estimate of drug-likeness (QED) is 0.590. The van der Waals surface area contributed by atoms with E-state index >= 15 is 0 Å². The molecule has 0 saturated heterocycles. The van der Waals surface area contributed by atoms with Crippen molar-refractivity contribution in [2.75, 3.05) is 6.61 Å². The van der Waals surface area contributed by atoms with E-state index < -0.39 is 11.5 Å². The summed E-state index contributed by atoms with van der Waals surface area (Å²) in [6.07, 6.45) is 1.38. The maximum atomic E-state index is 11.9. The Morgan fingerprint density at radius 2 is 1.85 bits per heavy atom. The van der Waals surface area contributed by atoms with Crippen molar-refractivity contribution >= 4 is 17.5 Å². The van der Waals surface area contributed by atoms with Crippen molar-refractivity contribution < 1.29 is 14.3 Å². The SMILES string of the molecule is CCOC(=O)C1(C(C)=O)N=C1CCc1ccc(C)cc1. The third-order valence-electron chi connectivity index (χ3n) is 3.52. The molecule has 0 spiro atoms. The van der Waals surface area contributed by atoms with Gasteiger partial charge in [0.05, 0.1) is 12.3 Å². The molecule has 1 atom stereocenters. The first-order chi connectivity index (χ1) is 9.50. The van der Waals surface area contributed by atoms with E-state index in [0.717, 1.165) is 6.42 Å². The Morgan fingerprint density at radius 1 is 1.20 bits per heavy atom. The number of esters is 1. The zero-order valence-electron chi connectivity index (χ0n) is 12.1.